The van der Waals surface area contributed by atoms with Crippen molar-refractivity contribution in [3.63, 3.8) is 0 Å². The molecule has 1 aromatic heterocycles. The van der Waals surface area contributed by atoms with E-state index in [0.29, 0.717) is 5.76 Å². The Morgan fingerprint density at radius 2 is 2.26 bits per heavy atom. The average Bonchev–Trinajstić information content (AvgIpc) is 2.93. The first-order chi connectivity index (χ1) is 8.88. The van der Waals surface area contributed by atoms with Gasteiger partial charge in [0.15, 0.2) is 0 Å². The van der Waals surface area contributed by atoms with E-state index in [1.54, 1.807) is 19.2 Å². The molecular formula is C12H15F3N2O2. The van der Waals surface area contributed by atoms with Gasteiger partial charge in [0.2, 0.25) is 5.91 Å². The molecule has 106 valence electrons. The Balaban J connectivity index is 1.97. The molecule has 4 nitrogen and oxygen atoms in total. The number of rotatable bonds is 3. The van der Waals surface area contributed by atoms with Crippen LogP contribution in [0.15, 0.2) is 22.8 Å². The van der Waals surface area contributed by atoms with Crippen molar-refractivity contribution in [2.45, 2.75) is 12.7 Å². The Morgan fingerprint density at radius 3 is 2.84 bits per heavy atom. The van der Waals surface area contributed by atoms with Crippen LogP contribution in [0.5, 0.6) is 0 Å². The van der Waals surface area contributed by atoms with Gasteiger partial charge in [0.05, 0.1) is 24.6 Å². The number of hydrogen-bond acceptors (Lipinski definition) is 3. The van der Waals surface area contributed by atoms with Gasteiger partial charge in [-0.1, -0.05) is 0 Å². The molecule has 1 amide bonds. The maximum absolute atomic E-state index is 12.8. The van der Waals surface area contributed by atoms with Gasteiger partial charge in [-0.05, 0) is 19.2 Å². The van der Waals surface area contributed by atoms with Crippen LogP contribution in [0.3, 0.4) is 0 Å². The Labute approximate surface area is 108 Å². The first kappa shape index (κ1) is 13.9. The number of carbonyl (C=O) groups excluding carboxylic acids is 1. The molecule has 2 atom stereocenters. The summed E-state index contributed by atoms with van der Waals surface area (Å²) in [5.41, 5.74) is 0. The molecule has 0 spiro atoms. The maximum atomic E-state index is 12.8. The Hall–Kier alpha value is -1.50. The number of amides is 1. The van der Waals surface area contributed by atoms with Crippen molar-refractivity contribution >= 4 is 5.91 Å². The number of hydrogen-bond donors (Lipinski definition) is 1. The molecule has 1 aliphatic heterocycles. The number of halogens is 3. The van der Waals surface area contributed by atoms with E-state index in [1.165, 1.54) is 11.2 Å². The number of nitrogens with zero attached hydrogens (tertiary/aromatic N) is 1. The third kappa shape index (κ3) is 3.28. The maximum Gasteiger partial charge on any atom is 0.393 e. The van der Waals surface area contributed by atoms with Gasteiger partial charge in [0.25, 0.3) is 0 Å². The summed E-state index contributed by atoms with van der Waals surface area (Å²) >= 11 is 0. The molecule has 1 fully saturated rings. The smallest absolute Gasteiger partial charge is 0.393 e. The van der Waals surface area contributed by atoms with Gasteiger partial charge in [-0.2, -0.15) is 13.2 Å². The number of nitrogens with one attached hydrogen (secondary N) is 1. The molecule has 0 unspecified atom stereocenters. The summed E-state index contributed by atoms with van der Waals surface area (Å²) in [5.74, 6) is -2.72. The van der Waals surface area contributed by atoms with Crippen molar-refractivity contribution < 1.29 is 22.4 Å². The molecule has 2 rings (SSSR count). The van der Waals surface area contributed by atoms with Crippen LogP contribution in [0.2, 0.25) is 0 Å². The van der Waals surface area contributed by atoms with E-state index in [4.69, 9.17) is 4.42 Å². The molecule has 19 heavy (non-hydrogen) atoms. The largest absolute Gasteiger partial charge is 0.467 e. The molecule has 1 aliphatic rings. The zero-order valence-electron chi connectivity index (χ0n) is 10.4. The molecule has 0 aromatic carbocycles. The summed E-state index contributed by atoms with van der Waals surface area (Å²) in [6.07, 6.45) is -2.90. The van der Waals surface area contributed by atoms with E-state index < -0.39 is 23.9 Å². The van der Waals surface area contributed by atoms with Crippen molar-refractivity contribution in [3.8, 4) is 0 Å². The van der Waals surface area contributed by atoms with E-state index in [1.807, 2.05) is 0 Å². The van der Waals surface area contributed by atoms with Gasteiger partial charge >= 0.3 is 6.18 Å². The van der Waals surface area contributed by atoms with Crippen LogP contribution in [-0.4, -0.2) is 37.1 Å². The van der Waals surface area contributed by atoms with Crippen LogP contribution >= 0.6 is 0 Å². The van der Waals surface area contributed by atoms with Gasteiger partial charge < -0.3 is 14.6 Å². The number of alkyl halides is 3. The van der Waals surface area contributed by atoms with E-state index >= 15 is 0 Å². The van der Waals surface area contributed by atoms with E-state index in [2.05, 4.69) is 5.32 Å². The number of likely N-dealkylation sites (tertiary alicyclic amines) is 1. The molecule has 0 bridgehead atoms. The second-order valence-electron chi connectivity index (χ2n) is 4.77. The lowest BCUT2D eigenvalue weighted by atomic mass is 9.94. The first-order valence-corrected chi connectivity index (χ1v) is 5.93. The van der Waals surface area contributed by atoms with Crippen molar-refractivity contribution in [1.82, 2.24) is 10.2 Å². The number of carbonyl (C=O) groups is 1. The van der Waals surface area contributed by atoms with Gasteiger partial charge in [0.1, 0.15) is 5.76 Å². The predicted molar refractivity (Wildman–Crippen MR) is 61.1 cm³/mol. The Morgan fingerprint density at radius 1 is 1.53 bits per heavy atom. The first-order valence-electron chi connectivity index (χ1n) is 5.93. The predicted octanol–water partition coefficient (Wildman–Crippen LogP) is 1.64. The highest BCUT2D eigenvalue weighted by atomic mass is 19.4. The minimum atomic E-state index is -4.35. The van der Waals surface area contributed by atoms with Gasteiger partial charge in [0, 0.05) is 13.1 Å². The minimum absolute atomic E-state index is 0.108. The highest BCUT2D eigenvalue weighted by Crippen LogP contribution is 2.37. The number of furan rings is 1. The second-order valence-corrected chi connectivity index (χ2v) is 4.77. The summed E-state index contributed by atoms with van der Waals surface area (Å²) in [7, 11) is 1.58. The molecule has 0 radical (unpaired) electrons. The van der Waals surface area contributed by atoms with Crippen LogP contribution in [-0.2, 0) is 11.3 Å². The lowest BCUT2D eigenvalue weighted by molar-refractivity contribution is -0.183. The summed E-state index contributed by atoms with van der Waals surface area (Å²) < 4.78 is 43.5. The standard InChI is InChI=1S/C12H15F3N2O2/c1-17-6-9(10(7-17)12(13,14)15)11(18)16-5-8-3-2-4-19-8/h2-4,9-10H,5-7H2,1H3,(H,16,18)/t9-,10-/m1/s1. The Bertz CT molecular complexity index is 431. The molecule has 0 aliphatic carbocycles. The highest BCUT2D eigenvalue weighted by molar-refractivity contribution is 5.79. The summed E-state index contributed by atoms with van der Waals surface area (Å²) in [6.45, 7) is 0.0904. The normalized spacial score (nSPS) is 24.6. The van der Waals surface area contributed by atoms with Crippen molar-refractivity contribution in [1.29, 1.82) is 0 Å². The average molecular weight is 276 g/mol. The third-order valence-electron chi connectivity index (χ3n) is 3.28. The fourth-order valence-corrected chi connectivity index (χ4v) is 2.32. The zero-order chi connectivity index (χ0) is 14.0. The molecule has 7 heteroatoms. The van der Waals surface area contributed by atoms with Crippen molar-refractivity contribution in [2.75, 3.05) is 20.1 Å². The topological polar surface area (TPSA) is 45.5 Å². The fraction of sp³-hybridized carbons (Fsp3) is 0.583. The van der Waals surface area contributed by atoms with E-state index in [0.717, 1.165) is 0 Å². The van der Waals surface area contributed by atoms with Gasteiger partial charge in [-0.3, -0.25) is 4.79 Å². The van der Waals surface area contributed by atoms with E-state index in [9.17, 15) is 18.0 Å². The fourth-order valence-electron chi connectivity index (χ4n) is 2.32. The lowest BCUT2D eigenvalue weighted by Gasteiger charge is -2.20. The quantitative estimate of drug-likeness (QED) is 0.912. The summed E-state index contributed by atoms with van der Waals surface area (Å²) in [6, 6.07) is 3.31. The van der Waals surface area contributed by atoms with Gasteiger partial charge in [-0.15, -0.1) is 0 Å². The van der Waals surface area contributed by atoms with Crippen molar-refractivity contribution in [3.05, 3.63) is 24.2 Å². The second kappa shape index (κ2) is 5.24. The van der Waals surface area contributed by atoms with Crippen LogP contribution in [0.4, 0.5) is 13.2 Å². The molecular weight excluding hydrogens is 261 g/mol. The Kier molecular flexibility index (Phi) is 3.84. The molecule has 1 N–H and O–H groups in total. The molecule has 2 heterocycles. The molecule has 1 aromatic rings. The van der Waals surface area contributed by atoms with Crippen LogP contribution < -0.4 is 5.32 Å². The van der Waals surface area contributed by atoms with Crippen LogP contribution in [0, 0.1) is 11.8 Å². The van der Waals surface area contributed by atoms with Crippen LogP contribution in [0.25, 0.3) is 0 Å². The van der Waals surface area contributed by atoms with Crippen molar-refractivity contribution in [2.24, 2.45) is 11.8 Å². The highest BCUT2D eigenvalue weighted by Gasteiger charge is 2.51. The summed E-state index contributed by atoms with van der Waals surface area (Å²) in [5, 5.41) is 2.49. The molecule has 0 saturated carbocycles. The minimum Gasteiger partial charge on any atom is -0.467 e. The van der Waals surface area contributed by atoms with Crippen LogP contribution in [0.1, 0.15) is 5.76 Å². The van der Waals surface area contributed by atoms with E-state index in [-0.39, 0.29) is 19.6 Å². The monoisotopic (exact) mass is 276 g/mol. The third-order valence-corrected chi connectivity index (χ3v) is 3.28. The molecule has 1 saturated heterocycles. The zero-order valence-corrected chi connectivity index (χ0v) is 10.4. The summed E-state index contributed by atoms with van der Waals surface area (Å²) in [4.78, 5) is 13.4. The lowest BCUT2D eigenvalue weighted by Crippen LogP contribution is -2.39. The van der Waals surface area contributed by atoms with Gasteiger partial charge in [-0.25, -0.2) is 0 Å². The SMILES string of the molecule is CN1C[C@@H](C(F)(F)F)[C@H](C(=O)NCc2ccco2)C1.